The zero-order valence-corrected chi connectivity index (χ0v) is 11.7. The molecule has 0 saturated carbocycles. The van der Waals surface area contributed by atoms with Crippen molar-refractivity contribution in [2.24, 2.45) is 0 Å². The molecule has 1 heterocycles. The first-order valence-electron chi connectivity index (χ1n) is 6.19. The van der Waals surface area contributed by atoms with Crippen LogP contribution in [0.2, 0.25) is 0 Å². The van der Waals surface area contributed by atoms with Crippen LogP contribution in [-0.4, -0.2) is 20.4 Å². The van der Waals surface area contributed by atoms with E-state index in [0.717, 1.165) is 10.8 Å². The van der Waals surface area contributed by atoms with Crippen LogP contribution in [0.15, 0.2) is 57.9 Å². The molecule has 21 heavy (non-hydrogen) atoms. The number of fused-ring (bicyclic) bond motifs is 1. The van der Waals surface area contributed by atoms with Gasteiger partial charge in [0, 0.05) is 11.0 Å². The second kappa shape index (κ2) is 5.49. The number of carbonyl (C=O) groups is 1. The fourth-order valence-electron chi connectivity index (χ4n) is 2.00. The second-order valence-electron chi connectivity index (χ2n) is 4.48. The molecule has 0 aliphatic heterocycles. The average Bonchev–Trinajstić information content (AvgIpc) is 2.95. The lowest BCUT2D eigenvalue weighted by Gasteiger charge is -2.02. The van der Waals surface area contributed by atoms with Gasteiger partial charge in [-0.1, -0.05) is 35.5 Å². The van der Waals surface area contributed by atoms with Crippen molar-refractivity contribution in [2.45, 2.75) is 10.6 Å². The highest BCUT2D eigenvalue weighted by Crippen LogP contribution is 2.20. The summed E-state index contributed by atoms with van der Waals surface area (Å²) in [5.74, 6) is -0.779. The van der Waals surface area contributed by atoms with Gasteiger partial charge in [-0.3, -0.25) is 4.21 Å². The van der Waals surface area contributed by atoms with Crippen LogP contribution in [0, 0.1) is 0 Å². The van der Waals surface area contributed by atoms with Crippen LogP contribution in [0.5, 0.6) is 0 Å². The van der Waals surface area contributed by atoms with E-state index in [4.69, 9.17) is 9.63 Å². The number of carboxylic acids is 1. The zero-order valence-electron chi connectivity index (χ0n) is 10.9. The molecular weight excluding hydrogens is 290 g/mol. The minimum atomic E-state index is -1.32. The molecule has 0 radical (unpaired) electrons. The number of benzene rings is 2. The maximum atomic E-state index is 12.3. The van der Waals surface area contributed by atoms with Crippen molar-refractivity contribution in [1.82, 2.24) is 5.16 Å². The summed E-state index contributed by atoms with van der Waals surface area (Å²) >= 11 is 0. The molecule has 0 aliphatic rings. The first kappa shape index (κ1) is 13.5. The fourth-order valence-corrected chi connectivity index (χ4v) is 3.04. The number of hydrogen-bond donors (Lipinski definition) is 1. The smallest absolute Gasteiger partial charge is 0.358 e. The van der Waals surface area contributed by atoms with Crippen LogP contribution < -0.4 is 0 Å². The minimum Gasteiger partial charge on any atom is -0.476 e. The Labute approximate surface area is 122 Å². The summed E-state index contributed by atoms with van der Waals surface area (Å²) in [4.78, 5) is 11.4. The van der Waals surface area contributed by atoms with Gasteiger partial charge >= 0.3 is 5.97 Å². The molecule has 1 N–H and O–H groups in total. The van der Waals surface area contributed by atoms with Gasteiger partial charge < -0.3 is 9.63 Å². The molecule has 1 aromatic heterocycles. The Hall–Kier alpha value is -2.47. The van der Waals surface area contributed by atoms with Crippen molar-refractivity contribution >= 4 is 27.5 Å². The summed E-state index contributed by atoms with van der Waals surface area (Å²) in [6, 6.07) is 14.7. The first-order chi connectivity index (χ1) is 10.1. The first-order valence-corrected chi connectivity index (χ1v) is 7.51. The largest absolute Gasteiger partial charge is 0.476 e. The maximum Gasteiger partial charge on any atom is 0.358 e. The van der Waals surface area contributed by atoms with E-state index in [0.29, 0.717) is 10.7 Å². The Morgan fingerprint density at radius 1 is 1.14 bits per heavy atom. The molecule has 0 saturated heterocycles. The summed E-state index contributed by atoms with van der Waals surface area (Å²) < 4.78 is 17.2. The molecule has 3 aromatic rings. The van der Waals surface area contributed by atoms with E-state index in [-0.39, 0.29) is 11.4 Å². The van der Waals surface area contributed by atoms with E-state index in [9.17, 15) is 9.00 Å². The summed E-state index contributed by atoms with van der Waals surface area (Å²) in [7, 11) is -1.32. The Morgan fingerprint density at radius 2 is 1.90 bits per heavy atom. The molecular formula is C15H11NO4S. The number of aromatic nitrogens is 1. The highest BCUT2D eigenvalue weighted by molar-refractivity contribution is 7.84. The van der Waals surface area contributed by atoms with Gasteiger partial charge in [0.15, 0.2) is 5.69 Å². The average molecular weight is 301 g/mol. The topological polar surface area (TPSA) is 80.4 Å². The van der Waals surface area contributed by atoms with Gasteiger partial charge in [0.2, 0.25) is 0 Å². The molecule has 0 amide bonds. The molecule has 6 heteroatoms. The van der Waals surface area contributed by atoms with Crippen LogP contribution in [0.4, 0.5) is 0 Å². The standard InChI is InChI=1S/C15H11NO4S/c17-15(18)14-8-12(20-16-14)9-21(19)13-6-5-10-3-1-2-4-11(10)7-13/h1-8H,9H2,(H,17,18). The number of nitrogens with zero attached hydrogens (tertiary/aromatic N) is 1. The lowest BCUT2D eigenvalue weighted by Crippen LogP contribution is -1.96. The molecule has 106 valence electrons. The highest BCUT2D eigenvalue weighted by Gasteiger charge is 2.14. The fraction of sp³-hybridized carbons (Fsp3) is 0.0667. The Balaban J connectivity index is 1.84. The Morgan fingerprint density at radius 3 is 2.62 bits per heavy atom. The molecule has 0 bridgehead atoms. The molecule has 2 aromatic carbocycles. The van der Waals surface area contributed by atoms with Crippen molar-refractivity contribution in [3.8, 4) is 0 Å². The van der Waals surface area contributed by atoms with Crippen molar-refractivity contribution < 1.29 is 18.6 Å². The van der Waals surface area contributed by atoms with Crippen LogP contribution in [0.1, 0.15) is 16.2 Å². The molecule has 1 atom stereocenters. The quantitative estimate of drug-likeness (QED) is 0.801. The molecule has 3 rings (SSSR count). The maximum absolute atomic E-state index is 12.3. The van der Waals surface area contributed by atoms with Gasteiger partial charge in [-0.25, -0.2) is 4.79 Å². The summed E-state index contributed by atoms with van der Waals surface area (Å²) in [6.45, 7) is 0. The highest BCUT2D eigenvalue weighted by atomic mass is 32.2. The lowest BCUT2D eigenvalue weighted by atomic mass is 10.1. The molecule has 5 nitrogen and oxygen atoms in total. The van der Waals surface area contributed by atoms with E-state index >= 15 is 0 Å². The van der Waals surface area contributed by atoms with Gasteiger partial charge in [-0.05, 0) is 22.9 Å². The second-order valence-corrected chi connectivity index (χ2v) is 5.93. The minimum absolute atomic E-state index is 0.0959. The number of hydrogen-bond acceptors (Lipinski definition) is 4. The van der Waals surface area contributed by atoms with E-state index in [1.54, 1.807) is 6.07 Å². The Kier molecular flexibility index (Phi) is 3.53. The van der Waals surface area contributed by atoms with Crippen LogP contribution >= 0.6 is 0 Å². The summed E-state index contributed by atoms with van der Waals surface area (Å²) in [5, 5.41) is 14.3. The summed E-state index contributed by atoms with van der Waals surface area (Å²) in [5.41, 5.74) is -0.180. The van der Waals surface area contributed by atoms with Crippen molar-refractivity contribution in [3.63, 3.8) is 0 Å². The van der Waals surface area contributed by atoms with Gasteiger partial charge in [0.1, 0.15) is 5.76 Å². The predicted molar refractivity (Wildman–Crippen MR) is 77.5 cm³/mol. The molecule has 0 spiro atoms. The van der Waals surface area contributed by atoms with Gasteiger partial charge in [-0.15, -0.1) is 0 Å². The molecule has 0 fully saturated rings. The van der Waals surface area contributed by atoms with Crippen LogP contribution in [-0.2, 0) is 16.6 Å². The SMILES string of the molecule is O=C(O)c1cc(CS(=O)c2ccc3ccccc3c2)on1. The van der Waals surface area contributed by atoms with E-state index in [1.807, 2.05) is 36.4 Å². The predicted octanol–water partition coefficient (Wildman–Crippen LogP) is 2.83. The van der Waals surface area contributed by atoms with Crippen molar-refractivity contribution in [3.05, 3.63) is 60.0 Å². The third-order valence-electron chi connectivity index (χ3n) is 3.04. The lowest BCUT2D eigenvalue weighted by molar-refractivity contribution is 0.0685. The monoisotopic (exact) mass is 301 g/mol. The zero-order chi connectivity index (χ0) is 14.8. The van der Waals surface area contributed by atoms with E-state index in [1.165, 1.54) is 6.07 Å². The van der Waals surface area contributed by atoms with Gasteiger partial charge in [0.25, 0.3) is 0 Å². The third-order valence-corrected chi connectivity index (χ3v) is 4.36. The van der Waals surface area contributed by atoms with Crippen LogP contribution in [0.25, 0.3) is 10.8 Å². The van der Waals surface area contributed by atoms with E-state index < -0.39 is 16.8 Å². The number of carboxylic acid groups (broad SMARTS) is 1. The molecule has 0 aliphatic carbocycles. The van der Waals surface area contributed by atoms with E-state index in [2.05, 4.69) is 5.16 Å². The normalized spacial score (nSPS) is 12.4. The Bertz CT molecular complexity index is 840. The van der Waals surface area contributed by atoms with Gasteiger partial charge in [-0.2, -0.15) is 0 Å². The third kappa shape index (κ3) is 2.85. The van der Waals surface area contributed by atoms with Crippen LogP contribution in [0.3, 0.4) is 0 Å². The van der Waals surface area contributed by atoms with Crippen molar-refractivity contribution in [1.29, 1.82) is 0 Å². The van der Waals surface area contributed by atoms with Gasteiger partial charge in [0.05, 0.1) is 16.6 Å². The van der Waals surface area contributed by atoms with Crippen molar-refractivity contribution in [2.75, 3.05) is 0 Å². The molecule has 1 unspecified atom stereocenters. The summed E-state index contributed by atoms with van der Waals surface area (Å²) in [6.07, 6.45) is 0. The number of aromatic carboxylic acids is 1. The number of rotatable bonds is 4.